The lowest BCUT2D eigenvalue weighted by Crippen LogP contribution is -2.14. The van der Waals surface area contributed by atoms with Gasteiger partial charge in [-0.3, -0.25) is 14.8 Å². The lowest BCUT2D eigenvalue weighted by atomic mass is 10.2. The van der Waals surface area contributed by atoms with Crippen LogP contribution in [0.1, 0.15) is 15.9 Å². The van der Waals surface area contributed by atoms with E-state index in [1.54, 1.807) is 36.4 Å². The number of nitrogens with one attached hydrogen (secondary N) is 2. The summed E-state index contributed by atoms with van der Waals surface area (Å²) in [7, 11) is -2.24. The smallest absolute Gasteiger partial charge is 0.261 e. The molecule has 3 aromatic carbocycles. The predicted octanol–water partition coefficient (Wildman–Crippen LogP) is 4.67. The van der Waals surface area contributed by atoms with Crippen molar-refractivity contribution < 1.29 is 17.9 Å². The minimum absolute atomic E-state index is 0.112. The fourth-order valence-corrected chi connectivity index (χ4v) is 4.97. The Morgan fingerprint density at radius 2 is 1.71 bits per heavy atom. The van der Waals surface area contributed by atoms with E-state index in [0.717, 1.165) is 15.8 Å². The Hall–Kier alpha value is -3.43. The topological polar surface area (TPSA) is 97.4 Å². The van der Waals surface area contributed by atoms with Crippen LogP contribution in [0.15, 0.2) is 71.6 Å². The highest BCUT2D eigenvalue weighted by Crippen LogP contribution is 2.28. The van der Waals surface area contributed by atoms with Gasteiger partial charge in [-0.25, -0.2) is 13.4 Å². The number of nitrogens with zero attached hydrogens (tertiary/aromatic N) is 1. The maximum atomic E-state index is 12.6. The summed E-state index contributed by atoms with van der Waals surface area (Å²) in [6.07, 6.45) is 0. The van der Waals surface area contributed by atoms with Crippen molar-refractivity contribution in [2.75, 3.05) is 17.1 Å². The predicted molar refractivity (Wildman–Crippen MR) is 123 cm³/mol. The fraction of sp³-hybridized carbons (Fsp3) is 0.0909. The molecule has 4 rings (SSSR count). The van der Waals surface area contributed by atoms with Crippen molar-refractivity contribution >= 4 is 48.3 Å². The average Bonchev–Trinajstić information content (AvgIpc) is 3.18. The number of para-hydroxylation sites is 1. The van der Waals surface area contributed by atoms with Crippen LogP contribution in [0.3, 0.4) is 0 Å². The van der Waals surface area contributed by atoms with E-state index in [-0.39, 0.29) is 10.8 Å². The van der Waals surface area contributed by atoms with Crippen LogP contribution in [0, 0.1) is 6.92 Å². The van der Waals surface area contributed by atoms with Crippen molar-refractivity contribution in [3.05, 3.63) is 77.9 Å². The maximum absolute atomic E-state index is 12.6. The van der Waals surface area contributed by atoms with Crippen molar-refractivity contribution in [1.82, 2.24) is 4.98 Å². The van der Waals surface area contributed by atoms with E-state index in [9.17, 15) is 13.2 Å². The summed E-state index contributed by atoms with van der Waals surface area (Å²) in [6, 6.07) is 18.1. The van der Waals surface area contributed by atoms with Crippen LogP contribution in [0.25, 0.3) is 10.2 Å². The number of rotatable bonds is 6. The zero-order valence-corrected chi connectivity index (χ0v) is 18.4. The van der Waals surface area contributed by atoms with Crippen LogP contribution in [0.2, 0.25) is 0 Å². The second-order valence-corrected chi connectivity index (χ2v) is 9.47. The van der Waals surface area contributed by atoms with Crippen LogP contribution in [0.5, 0.6) is 5.75 Å². The quantitative estimate of drug-likeness (QED) is 0.442. The van der Waals surface area contributed by atoms with E-state index >= 15 is 0 Å². The number of hydrogen-bond acceptors (Lipinski definition) is 6. The lowest BCUT2D eigenvalue weighted by Gasteiger charge is -2.09. The standard InChI is InChI=1S/C22H19N3O4S2/c1-14-4-3-5-19-20(14)23-22(30-19)24-21(26)15-6-8-16(9-7-15)25-31(27,28)18-12-10-17(29-2)11-13-18/h3-13,25H,1-2H3,(H,23,24,26). The highest BCUT2D eigenvalue weighted by molar-refractivity contribution is 7.92. The molecule has 2 N–H and O–H groups in total. The fourth-order valence-electron chi connectivity index (χ4n) is 2.97. The SMILES string of the molecule is COc1ccc(S(=O)(=O)Nc2ccc(C(=O)Nc3nc4c(C)cccc4s3)cc2)cc1. The molecule has 1 amide bonds. The summed E-state index contributed by atoms with van der Waals surface area (Å²) < 4.78 is 33.6. The molecular formula is C22H19N3O4S2. The third kappa shape index (κ3) is 4.52. The van der Waals surface area contributed by atoms with E-state index in [1.807, 2.05) is 25.1 Å². The molecule has 1 aromatic heterocycles. The second-order valence-electron chi connectivity index (χ2n) is 6.75. The number of ether oxygens (including phenoxy) is 1. The van der Waals surface area contributed by atoms with Crippen LogP contribution < -0.4 is 14.8 Å². The maximum Gasteiger partial charge on any atom is 0.261 e. The first-order chi connectivity index (χ1) is 14.9. The monoisotopic (exact) mass is 453 g/mol. The molecule has 7 nitrogen and oxygen atoms in total. The normalized spacial score (nSPS) is 11.3. The molecular weight excluding hydrogens is 434 g/mol. The van der Waals surface area contributed by atoms with E-state index < -0.39 is 10.0 Å². The Morgan fingerprint density at radius 3 is 2.35 bits per heavy atom. The zero-order valence-electron chi connectivity index (χ0n) is 16.7. The number of benzene rings is 3. The zero-order chi connectivity index (χ0) is 22.0. The number of aromatic nitrogens is 1. The summed E-state index contributed by atoms with van der Waals surface area (Å²) in [5.74, 6) is 0.249. The summed E-state index contributed by atoms with van der Waals surface area (Å²) in [5, 5.41) is 3.31. The molecule has 4 aromatic rings. The Kier molecular flexibility index (Phi) is 5.62. The third-order valence-corrected chi connectivity index (χ3v) is 6.94. The summed E-state index contributed by atoms with van der Waals surface area (Å²) in [5.41, 5.74) is 2.65. The highest BCUT2D eigenvalue weighted by atomic mass is 32.2. The first-order valence-electron chi connectivity index (χ1n) is 9.30. The third-order valence-electron chi connectivity index (χ3n) is 4.61. The molecule has 0 fully saturated rings. The van der Waals surface area contributed by atoms with E-state index in [2.05, 4.69) is 15.0 Å². The number of methoxy groups -OCH3 is 1. The average molecular weight is 454 g/mol. The molecule has 0 aliphatic carbocycles. The molecule has 0 aliphatic heterocycles. The number of carbonyl (C=O) groups excluding carboxylic acids is 1. The van der Waals surface area contributed by atoms with Gasteiger partial charge in [-0.15, -0.1) is 0 Å². The van der Waals surface area contributed by atoms with Gasteiger partial charge in [-0.1, -0.05) is 23.5 Å². The Labute approximate surface area is 183 Å². The first kappa shape index (κ1) is 20.8. The van der Waals surface area contributed by atoms with Gasteiger partial charge in [-0.05, 0) is 67.1 Å². The molecule has 0 spiro atoms. The van der Waals surface area contributed by atoms with Gasteiger partial charge < -0.3 is 4.74 Å². The molecule has 31 heavy (non-hydrogen) atoms. The molecule has 0 aliphatic rings. The summed E-state index contributed by atoms with van der Waals surface area (Å²) >= 11 is 1.40. The Bertz CT molecular complexity index is 1350. The Balaban J connectivity index is 1.46. The molecule has 0 atom stereocenters. The number of anilines is 2. The van der Waals surface area contributed by atoms with Gasteiger partial charge in [0.2, 0.25) is 0 Å². The van der Waals surface area contributed by atoms with Crippen molar-refractivity contribution in [3.8, 4) is 5.75 Å². The van der Waals surface area contributed by atoms with Crippen molar-refractivity contribution in [2.24, 2.45) is 0 Å². The molecule has 0 radical (unpaired) electrons. The number of amides is 1. The lowest BCUT2D eigenvalue weighted by molar-refractivity contribution is 0.102. The van der Waals surface area contributed by atoms with Crippen molar-refractivity contribution in [3.63, 3.8) is 0 Å². The molecule has 0 unspecified atom stereocenters. The van der Waals surface area contributed by atoms with Gasteiger partial charge in [0.05, 0.1) is 22.2 Å². The van der Waals surface area contributed by atoms with Crippen LogP contribution >= 0.6 is 11.3 Å². The van der Waals surface area contributed by atoms with Gasteiger partial charge in [-0.2, -0.15) is 0 Å². The molecule has 158 valence electrons. The van der Waals surface area contributed by atoms with Crippen LogP contribution in [-0.4, -0.2) is 26.4 Å². The minimum Gasteiger partial charge on any atom is -0.497 e. The van der Waals surface area contributed by atoms with E-state index in [0.29, 0.717) is 22.1 Å². The van der Waals surface area contributed by atoms with Crippen LogP contribution in [-0.2, 0) is 10.0 Å². The van der Waals surface area contributed by atoms with Crippen LogP contribution in [0.4, 0.5) is 10.8 Å². The number of thiazole rings is 1. The summed E-state index contributed by atoms with van der Waals surface area (Å²) in [6.45, 7) is 1.97. The molecule has 0 saturated heterocycles. The summed E-state index contributed by atoms with van der Waals surface area (Å²) in [4.78, 5) is 17.1. The second kappa shape index (κ2) is 8.37. The van der Waals surface area contributed by atoms with Gasteiger partial charge in [0.25, 0.3) is 15.9 Å². The molecule has 9 heteroatoms. The number of sulfonamides is 1. The van der Waals surface area contributed by atoms with Gasteiger partial charge in [0.15, 0.2) is 5.13 Å². The molecule has 1 heterocycles. The van der Waals surface area contributed by atoms with Gasteiger partial charge >= 0.3 is 0 Å². The number of carbonyl (C=O) groups is 1. The van der Waals surface area contributed by atoms with E-state index in [4.69, 9.17) is 4.74 Å². The number of aryl methyl sites for hydroxylation is 1. The largest absolute Gasteiger partial charge is 0.497 e. The number of hydrogen-bond donors (Lipinski definition) is 2. The highest BCUT2D eigenvalue weighted by Gasteiger charge is 2.15. The minimum atomic E-state index is -3.75. The van der Waals surface area contributed by atoms with Gasteiger partial charge in [0, 0.05) is 11.3 Å². The first-order valence-corrected chi connectivity index (χ1v) is 11.6. The Morgan fingerprint density at radius 1 is 1.00 bits per heavy atom. The molecule has 0 saturated carbocycles. The van der Waals surface area contributed by atoms with Crippen molar-refractivity contribution in [2.45, 2.75) is 11.8 Å². The van der Waals surface area contributed by atoms with Gasteiger partial charge in [0.1, 0.15) is 5.75 Å². The van der Waals surface area contributed by atoms with Crippen molar-refractivity contribution in [1.29, 1.82) is 0 Å². The van der Waals surface area contributed by atoms with E-state index in [1.165, 1.54) is 30.6 Å². The number of fused-ring (bicyclic) bond motifs is 1. The molecule has 0 bridgehead atoms.